The van der Waals surface area contributed by atoms with Crippen LogP contribution >= 0.6 is 0 Å². The van der Waals surface area contributed by atoms with E-state index < -0.39 is 23.8 Å². The van der Waals surface area contributed by atoms with Crippen LogP contribution in [0.2, 0.25) is 0 Å². The Labute approximate surface area is 122 Å². The van der Waals surface area contributed by atoms with Gasteiger partial charge in [0.05, 0.1) is 12.2 Å². The summed E-state index contributed by atoms with van der Waals surface area (Å²) < 4.78 is 43.5. The zero-order valence-electron chi connectivity index (χ0n) is 12.4. The smallest absolute Gasteiger partial charge is 0.416 e. The van der Waals surface area contributed by atoms with Gasteiger partial charge in [-0.2, -0.15) is 13.2 Å². The zero-order valence-corrected chi connectivity index (χ0v) is 12.4. The third-order valence-corrected chi connectivity index (χ3v) is 3.03. The number of halogens is 3. The first-order valence-electron chi connectivity index (χ1n) is 6.90. The number of esters is 1. The lowest BCUT2D eigenvalue weighted by Gasteiger charge is -2.19. The van der Waals surface area contributed by atoms with E-state index in [1.54, 1.807) is 6.92 Å². The van der Waals surface area contributed by atoms with Gasteiger partial charge in [-0.3, -0.25) is 0 Å². The molecule has 0 aromatic heterocycles. The highest BCUT2D eigenvalue weighted by Crippen LogP contribution is 2.33. The molecule has 0 radical (unpaired) electrons. The first-order valence-corrected chi connectivity index (χ1v) is 6.90. The molecule has 0 saturated heterocycles. The number of carbonyl (C=O) groups excluding carboxylic acids is 1. The summed E-state index contributed by atoms with van der Waals surface area (Å²) in [5.41, 5.74) is -0.290. The van der Waals surface area contributed by atoms with Gasteiger partial charge >= 0.3 is 12.1 Å². The third-order valence-electron chi connectivity index (χ3n) is 3.03. The van der Waals surface area contributed by atoms with E-state index in [4.69, 9.17) is 4.74 Å². The Morgan fingerprint density at radius 1 is 1.33 bits per heavy atom. The molecule has 0 spiro atoms. The molecule has 6 heteroatoms. The van der Waals surface area contributed by atoms with Crippen LogP contribution in [0.1, 0.15) is 37.8 Å². The highest BCUT2D eigenvalue weighted by Gasteiger charge is 2.32. The van der Waals surface area contributed by atoms with E-state index in [0.717, 1.165) is 6.07 Å². The first kappa shape index (κ1) is 17.3. The number of hydrogen-bond donors (Lipinski definition) is 1. The summed E-state index contributed by atoms with van der Waals surface area (Å²) in [5.74, 6) is -0.450. The predicted molar refractivity (Wildman–Crippen MR) is 75.1 cm³/mol. The van der Waals surface area contributed by atoms with Crippen LogP contribution < -0.4 is 5.32 Å². The van der Waals surface area contributed by atoms with Gasteiger partial charge in [0, 0.05) is 5.69 Å². The SMILES string of the molecule is CCCC(Nc1ccc(C)c(C(F)(F)F)c1)C(=O)OCC. The summed E-state index contributed by atoms with van der Waals surface area (Å²) in [6.07, 6.45) is -3.20. The van der Waals surface area contributed by atoms with E-state index in [0.29, 0.717) is 12.8 Å². The van der Waals surface area contributed by atoms with Crippen molar-refractivity contribution in [3.05, 3.63) is 29.3 Å². The molecule has 1 N–H and O–H groups in total. The molecule has 0 aliphatic carbocycles. The molecule has 1 aromatic carbocycles. The monoisotopic (exact) mass is 303 g/mol. The van der Waals surface area contributed by atoms with Gasteiger partial charge in [-0.05, 0) is 38.0 Å². The molecule has 0 aliphatic rings. The van der Waals surface area contributed by atoms with Crippen LogP contribution in [-0.4, -0.2) is 18.6 Å². The topological polar surface area (TPSA) is 38.3 Å². The van der Waals surface area contributed by atoms with Crippen molar-refractivity contribution in [2.24, 2.45) is 0 Å². The van der Waals surface area contributed by atoms with Gasteiger partial charge in [-0.1, -0.05) is 19.4 Å². The van der Waals surface area contributed by atoms with Crippen LogP contribution in [-0.2, 0) is 15.7 Å². The lowest BCUT2D eigenvalue weighted by Crippen LogP contribution is -2.31. The molecular formula is C15H20F3NO2. The summed E-state index contributed by atoms with van der Waals surface area (Å²) in [4.78, 5) is 11.8. The Bertz CT molecular complexity index is 486. The molecule has 1 unspecified atom stereocenters. The van der Waals surface area contributed by atoms with E-state index in [-0.39, 0.29) is 17.9 Å². The van der Waals surface area contributed by atoms with Gasteiger partial charge in [0.2, 0.25) is 0 Å². The van der Waals surface area contributed by atoms with Crippen molar-refractivity contribution in [2.75, 3.05) is 11.9 Å². The molecule has 0 fully saturated rings. The number of hydrogen-bond acceptors (Lipinski definition) is 3. The van der Waals surface area contributed by atoms with Crippen LogP contribution in [0.15, 0.2) is 18.2 Å². The lowest BCUT2D eigenvalue weighted by atomic mass is 10.1. The van der Waals surface area contributed by atoms with Crippen molar-refractivity contribution >= 4 is 11.7 Å². The number of anilines is 1. The van der Waals surface area contributed by atoms with Gasteiger partial charge in [0.25, 0.3) is 0 Å². The molecule has 0 bridgehead atoms. The molecule has 0 amide bonds. The van der Waals surface area contributed by atoms with Gasteiger partial charge in [0.15, 0.2) is 0 Å². The second kappa shape index (κ2) is 7.33. The van der Waals surface area contributed by atoms with Crippen LogP contribution in [0.25, 0.3) is 0 Å². The molecule has 3 nitrogen and oxygen atoms in total. The Morgan fingerprint density at radius 2 is 2.00 bits per heavy atom. The molecular weight excluding hydrogens is 283 g/mol. The quantitative estimate of drug-likeness (QED) is 0.802. The van der Waals surface area contributed by atoms with E-state index >= 15 is 0 Å². The fourth-order valence-electron chi connectivity index (χ4n) is 2.00. The molecule has 118 valence electrons. The first-order chi connectivity index (χ1) is 9.79. The fraction of sp³-hybridized carbons (Fsp3) is 0.533. The summed E-state index contributed by atoms with van der Waals surface area (Å²) in [5, 5.41) is 2.83. The number of ether oxygens (including phenoxy) is 1. The predicted octanol–water partition coefficient (Wildman–Crippen LogP) is 4.16. The molecule has 21 heavy (non-hydrogen) atoms. The van der Waals surface area contributed by atoms with Crippen molar-refractivity contribution in [1.82, 2.24) is 0 Å². The van der Waals surface area contributed by atoms with Crippen LogP contribution in [0, 0.1) is 6.92 Å². The number of rotatable bonds is 6. The Kier molecular flexibility index (Phi) is 6.05. The van der Waals surface area contributed by atoms with Crippen molar-refractivity contribution in [2.45, 2.75) is 45.8 Å². The molecule has 1 aromatic rings. The fourth-order valence-corrected chi connectivity index (χ4v) is 2.00. The van der Waals surface area contributed by atoms with E-state index in [1.165, 1.54) is 19.1 Å². The average molecular weight is 303 g/mol. The number of carbonyl (C=O) groups is 1. The average Bonchev–Trinajstić information content (AvgIpc) is 2.39. The lowest BCUT2D eigenvalue weighted by molar-refractivity contribution is -0.144. The normalized spacial score (nSPS) is 12.9. The Hall–Kier alpha value is -1.72. The van der Waals surface area contributed by atoms with Crippen LogP contribution in [0.3, 0.4) is 0 Å². The van der Waals surface area contributed by atoms with Crippen molar-refractivity contribution in [3.8, 4) is 0 Å². The molecule has 1 atom stereocenters. The molecule has 0 aliphatic heterocycles. The van der Waals surface area contributed by atoms with Crippen molar-refractivity contribution in [1.29, 1.82) is 0 Å². The largest absolute Gasteiger partial charge is 0.464 e. The van der Waals surface area contributed by atoms with E-state index in [9.17, 15) is 18.0 Å². The Morgan fingerprint density at radius 3 is 2.52 bits per heavy atom. The number of aryl methyl sites for hydroxylation is 1. The van der Waals surface area contributed by atoms with E-state index in [2.05, 4.69) is 5.32 Å². The second-order valence-electron chi connectivity index (χ2n) is 4.77. The van der Waals surface area contributed by atoms with E-state index in [1.807, 2.05) is 6.92 Å². The maximum absolute atomic E-state index is 12.9. The molecule has 0 saturated carbocycles. The molecule has 1 rings (SSSR count). The number of nitrogens with one attached hydrogen (secondary N) is 1. The number of alkyl halides is 3. The standard InChI is InChI=1S/C15H20F3NO2/c1-4-6-13(14(20)21-5-2)19-11-8-7-10(3)12(9-11)15(16,17)18/h7-9,13,19H,4-6H2,1-3H3. The summed E-state index contributed by atoms with van der Waals surface area (Å²) >= 11 is 0. The highest BCUT2D eigenvalue weighted by atomic mass is 19.4. The third kappa shape index (κ3) is 4.95. The summed E-state index contributed by atoms with van der Waals surface area (Å²) in [6.45, 7) is 5.22. The summed E-state index contributed by atoms with van der Waals surface area (Å²) in [7, 11) is 0. The minimum atomic E-state index is -4.41. The minimum absolute atomic E-state index is 0.149. The van der Waals surface area contributed by atoms with Gasteiger partial charge in [0.1, 0.15) is 6.04 Å². The summed E-state index contributed by atoms with van der Waals surface area (Å²) in [6, 6.07) is 3.31. The van der Waals surface area contributed by atoms with Gasteiger partial charge in [-0.15, -0.1) is 0 Å². The van der Waals surface area contributed by atoms with Crippen LogP contribution in [0.5, 0.6) is 0 Å². The maximum atomic E-state index is 12.9. The van der Waals surface area contributed by atoms with Crippen molar-refractivity contribution < 1.29 is 22.7 Å². The maximum Gasteiger partial charge on any atom is 0.416 e. The second-order valence-corrected chi connectivity index (χ2v) is 4.77. The van der Waals surface area contributed by atoms with Crippen molar-refractivity contribution in [3.63, 3.8) is 0 Å². The number of benzene rings is 1. The Balaban J connectivity index is 2.96. The molecule has 0 heterocycles. The van der Waals surface area contributed by atoms with Crippen LogP contribution in [0.4, 0.5) is 18.9 Å². The van der Waals surface area contributed by atoms with Gasteiger partial charge < -0.3 is 10.1 Å². The highest BCUT2D eigenvalue weighted by molar-refractivity contribution is 5.79. The van der Waals surface area contributed by atoms with Gasteiger partial charge in [-0.25, -0.2) is 4.79 Å². The minimum Gasteiger partial charge on any atom is -0.464 e. The zero-order chi connectivity index (χ0) is 16.0.